The summed E-state index contributed by atoms with van der Waals surface area (Å²) in [7, 11) is 4.29. The third-order valence-electron chi connectivity index (χ3n) is 5.14. The van der Waals surface area contributed by atoms with E-state index < -0.39 is 0 Å². The summed E-state index contributed by atoms with van der Waals surface area (Å²) in [6.07, 6.45) is 1.93. The van der Waals surface area contributed by atoms with Gasteiger partial charge in [-0.25, -0.2) is 9.97 Å². The van der Waals surface area contributed by atoms with Gasteiger partial charge in [0.25, 0.3) is 0 Å². The number of hydrogen-bond donors (Lipinski definition) is 0. The van der Waals surface area contributed by atoms with Crippen molar-refractivity contribution in [1.29, 1.82) is 0 Å². The topological polar surface area (TPSA) is 48.4 Å². The predicted molar refractivity (Wildman–Crippen MR) is 105 cm³/mol. The molecule has 2 aromatic rings. The zero-order valence-corrected chi connectivity index (χ0v) is 16.6. The van der Waals surface area contributed by atoms with E-state index in [1.54, 1.807) is 0 Å². The predicted octanol–water partition coefficient (Wildman–Crippen LogP) is 2.43. The first kappa shape index (κ1) is 18.7. The van der Waals surface area contributed by atoms with Crippen LogP contribution in [0.1, 0.15) is 35.7 Å². The smallest absolute Gasteiger partial charge is 0.132 e. The summed E-state index contributed by atoms with van der Waals surface area (Å²) in [5.74, 6) is 1.89. The van der Waals surface area contributed by atoms with E-state index in [4.69, 9.17) is 0 Å². The van der Waals surface area contributed by atoms with Crippen LogP contribution >= 0.6 is 0 Å². The highest BCUT2D eigenvalue weighted by Crippen LogP contribution is 2.21. The van der Waals surface area contributed by atoms with Crippen LogP contribution in [0.25, 0.3) is 0 Å². The average Bonchev–Trinajstić information content (AvgIpc) is 2.62. The molecule has 0 radical (unpaired) electrons. The fourth-order valence-corrected chi connectivity index (χ4v) is 3.24. The molecule has 1 unspecified atom stereocenters. The minimum atomic E-state index is 0.234. The Hall–Kier alpha value is -2.05. The largest absolute Gasteiger partial charge is 0.354 e. The number of pyridine rings is 1. The lowest BCUT2D eigenvalue weighted by Gasteiger charge is -2.33. The molecule has 1 fully saturated rings. The van der Waals surface area contributed by atoms with E-state index in [-0.39, 0.29) is 6.04 Å². The maximum Gasteiger partial charge on any atom is 0.132 e. The second-order valence-corrected chi connectivity index (χ2v) is 7.41. The highest BCUT2D eigenvalue weighted by atomic mass is 15.3. The summed E-state index contributed by atoms with van der Waals surface area (Å²) in [4.78, 5) is 20.9. The van der Waals surface area contributed by atoms with Gasteiger partial charge in [-0.2, -0.15) is 0 Å². The third-order valence-corrected chi connectivity index (χ3v) is 5.14. The molecular weight excluding hydrogens is 324 g/mol. The van der Waals surface area contributed by atoms with Crippen LogP contribution in [0.4, 0.5) is 5.82 Å². The molecule has 0 bridgehead atoms. The van der Waals surface area contributed by atoms with Crippen molar-refractivity contribution in [2.75, 3.05) is 45.2 Å². The van der Waals surface area contributed by atoms with Gasteiger partial charge in [0, 0.05) is 51.0 Å². The summed E-state index contributed by atoms with van der Waals surface area (Å²) in [6.45, 7) is 11.2. The van der Waals surface area contributed by atoms with Crippen molar-refractivity contribution in [3.63, 3.8) is 0 Å². The molecule has 0 spiro atoms. The van der Waals surface area contributed by atoms with Crippen molar-refractivity contribution < 1.29 is 0 Å². The second-order valence-electron chi connectivity index (χ2n) is 7.41. The van der Waals surface area contributed by atoms with Gasteiger partial charge in [0.2, 0.25) is 0 Å². The van der Waals surface area contributed by atoms with Crippen molar-refractivity contribution in [3.8, 4) is 0 Å². The Kier molecular flexibility index (Phi) is 5.84. The van der Waals surface area contributed by atoms with E-state index in [1.165, 1.54) is 5.56 Å². The van der Waals surface area contributed by atoms with Crippen LogP contribution in [0.2, 0.25) is 0 Å². The van der Waals surface area contributed by atoms with E-state index in [0.717, 1.165) is 55.8 Å². The normalized spacial score (nSPS) is 16.9. The number of piperazine rings is 1. The molecule has 0 saturated carbocycles. The molecule has 3 rings (SSSR count). The second kappa shape index (κ2) is 8.10. The Morgan fingerprint density at radius 1 is 1.12 bits per heavy atom. The van der Waals surface area contributed by atoms with Crippen LogP contribution in [0.15, 0.2) is 24.4 Å². The van der Waals surface area contributed by atoms with Gasteiger partial charge in [-0.15, -0.1) is 0 Å². The molecule has 1 saturated heterocycles. The van der Waals surface area contributed by atoms with Crippen molar-refractivity contribution in [3.05, 3.63) is 47.2 Å². The first-order chi connectivity index (χ1) is 12.4. The standard InChI is InChI=1S/C20H30N6/c1-15-6-7-19(21-13-15)16(2)25(5)14-18-12-20(23-17(3)22-18)26-10-8-24(4)9-11-26/h6-7,12-13,16H,8-11,14H2,1-5H3. The number of rotatable bonds is 5. The minimum absolute atomic E-state index is 0.234. The van der Waals surface area contributed by atoms with E-state index in [0.29, 0.717) is 0 Å². The zero-order valence-electron chi connectivity index (χ0n) is 16.6. The van der Waals surface area contributed by atoms with Gasteiger partial charge in [-0.3, -0.25) is 9.88 Å². The van der Waals surface area contributed by atoms with Gasteiger partial charge in [-0.1, -0.05) is 6.07 Å². The molecule has 0 aromatic carbocycles. The highest BCUT2D eigenvalue weighted by molar-refractivity contribution is 5.40. The molecule has 1 aliphatic rings. The molecule has 6 heteroatoms. The Balaban J connectivity index is 1.71. The van der Waals surface area contributed by atoms with Gasteiger partial charge in [0.1, 0.15) is 11.6 Å². The van der Waals surface area contributed by atoms with Crippen LogP contribution in [-0.2, 0) is 6.54 Å². The fourth-order valence-electron chi connectivity index (χ4n) is 3.24. The number of hydrogen-bond acceptors (Lipinski definition) is 6. The molecule has 140 valence electrons. The zero-order chi connectivity index (χ0) is 18.7. The lowest BCUT2D eigenvalue weighted by molar-refractivity contribution is 0.245. The summed E-state index contributed by atoms with van der Waals surface area (Å²) < 4.78 is 0. The molecule has 1 atom stereocenters. The van der Waals surface area contributed by atoms with Crippen molar-refractivity contribution >= 4 is 5.82 Å². The first-order valence-corrected chi connectivity index (χ1v) is 9.33. The van der Waals surface area contributed by atoms with Crippen LogP contribution in [0.3, 0.4) is 0 Å². The highest BCUT2D eigenvalue weighted by Gasteiger charge is 2.18. The number of nitrogens with zero attached hydrogens (tertiary/aromatic N) is 6. The van der Waals surface area contributed by atoms with Gasteiger partial charge < -0.3 is 9.80 Å². The summed E-state index contributed by atoms with van der Waals surface area (Å²) >= 11 is 0. The maximum absolute atomic E-state index is 4.67. The van der Waals surface area contributed by atoms with Gasteiger partial charge in [-0.05, 0) is 46.5 Å². The lowest BCUT2D eigenvalue weighted by atomic mass is 10.1. The summed E-state index contributed by atoms with van der Waals surface area (Å²) in [5.41, 5.74) is 3.34. The van der Waals surface area contributed by atoms with Crippen LogP contribution in [-0.4, -0.2) is 65.0 Å². The third kappa shape index (κ3) is 4.56. The lowest BCUT2D eigenvalue weighted by Crippen LogP contribution is -2.45. The van der Waals surface area contributed by atoms with Gasteiger partial charge in [0.15, 0.2) is 0 Å². The SMILES string of the molecule is Cc1ccc(C(C)N(C)Cc2cc(N3CCN(C)CC3)nc(C)n2)nc1. The Morgan fingerprint density at radius 2 is 1.85 bits per heavy atom. The number of anilines is 1. The summed E-state index contributed by atoms with van der Waals surface area (Å²) in [5, 5.41) is 0. The van der Waals surface area contributed by atoms with Crippen LogP contribution in [0.5, 0.6) is 0 Å². The molecule has 0 aliphatic carbocycles. The van der Waals surface area contributed by atoms with E-state index in [1.807, 2.05) is 13.1 Å². The molecule has 0 N–H and O–H groups in total. The van der Waals surface area contributed by atoms with E-state index in [9.17, 15) is 0 Å². The number of aryl methyl sites for hydroxylation is 2. The van der Waals surface area contributed by atoms with Crippen molar-refractivity contribution in [1.82, 2.24) is 24.8 Å². The Bertz CT molecular complexity index is 722. The molecule has 1 aliphatic heterocycles. The van der Waals surface area contributed by atoms with Gasteiger partial charge >= 0.3 is 0 Å². The molecule has 6 nitrogen and oxygen atoms in total. The molecule has 2 aromatic heterocycles. The molecule has 3 heterocycles. The number of aromatic nitrogens is 3. The monoisotopic (exact) mass is 354 g/mol. The van der Waals surface area contributed by atoms with E-state index in [2.05, 4.69) is 75.8 Å². The number of likely N-dealkylation sites (N-methyl/N-ethyl adjacent to an activating group) is 1. The molecule has 26 heavy (non-hydrogen) atoms. The average molecular weight is 355 g/mol. The summed E-state index contributed by atoms with van der Waals surface area (Å²) in [6, 6.07) is 6.60. The maximum atomic E-state index is 4.67. The quantitative estimate of drug-likeness (QED) is 0.822. The molecule has 0 amide bonds. The fraction of sp³-hybridized carbons (Fsp3) is 0.550. The van der Waals surface area contributed by atoms with Crippen molar-refractivity contribution in [2.24, 2.45) is 0 Å². The van der Waals surface area contributed by atoms with Crippen LogP contribution in [0, 0.1) is 13.8 Å². The van der Waals surface area contributed by atoms with Crippen molar-refractivity contribution in [2.45, 2.75) is 33.4 Å². The Labute approximate surface area is 156 Å². The van der Waals surface area contributed by atoms with E-state index >= 15 is 0 Å². The minimum Gasteiger partial charge on any atom is -0.354 e. The van der Waals surface area contributed by atoms with Gasteiger partial charge in [0.05, 0.1) is 11.4 Å². The van der Waals surface area contributed by atoms with Crippen LogP contribution < -0.4 is 4.90 Å². The Morgan fingerprint density at radius 3 is 2.50 bits per heavy atom. The molecular formula is C20H30N6. The first-order valence-electron chi connectivity index (χ1n) is 9.33.